The molecule has 1 heterocycles. The van der Waals surface area contributed by atoms with Crippen molar-refractivity contribution in [3.63, 3.8) is 0 Å². The van der Waals surface area contributed by atoms with E-state index < -0.39 is 17.9 Å². The third kappa shape index (κ3) is 6.18. The lowest BCUT2D eigenvalue weighted by molar-refractivity contribution is -0.139. The van der Waals surface area contributed by atoms with Crippen LogP contribution < -0.4 is 21.9 Å². The maximum atomic E-state index is 12.5. The molecule has 2 aromatic carbocycles. The molecule has 0 fully saturated rings. The summed E-state index contributed by atoms with van der Waals surface area (Å²) < 4.78 is 0. The molecule has 34 heavy (non-hydrogen) atoms. The first-order chi connectivity index (χ1) is 16.1. The van der Waals surface area contributed by atoms with E-state index in [0.29, 0.717) is 23.0 Å². The molecule has 10 nitrogen and oxygen atoms in total. The molecular formula is C24H27N5O5. The number of aromatic nitrogens is 2. The highest BCUT2D eigenvalue weighted by molar-refractivity contribution is 5.97. The average Bonchev–Trinajstić information content (AvgIpc) is 2.80. The first kappa shape index (κ1) is 24.4. The number of aliphatic carboxylic acids is 1. The van der Waals surface area contributed by atoms with Crippen LogP contribution in [0.5, 0.6) is 0 Å². The van der Waals surface area contributed by atoms with E-state index >= 15 is 0 Å². The van der Waals surface area contributed by atoms with E-state index in [4.69, 9.17) is 5.73 Å². The highest BCUT2D eigenvalue weighted by atomic mass is 16.4. The van der Waals surface area contributed by atoms with Gasteiger partial charge in [-0.2, -0.15) is 0 Å². The molecule has 1 aromatic heterocycles. The number of aromatic amines is 1. The lowest BCUT2D eigenvalue weighted by atomic mass is 10.0. The maximum absolute atomic E-state index is 12.5. The van der Waals surface area contributed by atoms with Crippen LogP contribution in [0.4, 0.5) is 11.6 Å². The standard InChI is InChI=1S/C24H27N5O5/c1-13(2)20(30)10-9-19(23(33)34)27-21(31)15-4-6-16(7-5-15)26-12-14-3-8-18-17(11-14)22(32)29-24(25)28-18/h3-8,11,13,19,26H,9-10,12H2,1-2H3,(H,27,31)(H,33,34)(H3,25,28,29,32)/t19-/m0/s1. The van der Waals surface area contributed by atoms with Crippen molar-refractivity contribution in [2.24, 2.45) is 5.92 Å². The number of nitrogens with zero attached hydrogens (tertiary/aromatic N) is 1. The van der Waals surface area contributed by atoms with Gasteiger partial charge in [0.15, 0.2) is 0 Å². The van der Waals surface area contributed by atoms with Crippen molar-refractivity contribution in [1.29, 1.82) is 0 Å². The summed E-state index contributed by atoms with van der Waals surface area (Å²) in [7, 11) is 0. The van der Waals surface area contributed by atoms with Gasteiger partial charge in [0.2, 0.25) is 5.95 Å². The Morgan fingerprint density at radius 1 is 1.12 bits per heavy atom. The molecule has 6 N–H and O–H groups in total. The van der Waals surface area contributed by atoms with Crippen LogP contribution in [0.25, 0.3) is 10.9 Å². The molecule has 0 saturated heterocycles. The molecule has 0 spiro atoms. The molecule has 3 aromatic rings. The molecule has 0 aliphatic rings. The molecule has 1 atom stereocenters. The number of carbonyl (C=O) groups is 3. The molecule has 0 unspecified atom stereocenters. The Hall–Kier alpha value is -4.21. The molecule has 3 rings (SSSR count). The molecule has 10 heteroatoms. The van der Waals surface area contributed by atoms with Gasteiger partial charge in [-0.15, -0.1) is 0 Å². The third-order valence-electron chi connectivity index (χ3n) is 5.36. The van der Waals surface area contributed by atoms with Crippen LogP contribution in [0, 0.1) is 5.92 Å². The number of carboxylic acid groups (broad SMARTS) is 1. The van der Waals surface area contributed by atoms with E-state index in [1.807, 2.05) is 6.07 Å². The molecule has 0 bridgehead atoms. The number of carbonyl (C=O) groups excluding carboxylic acids is 2. The van der Waals surface area contributed by atoms with Crippen molar-refractivity contribution in [2.75, 3.05) is 11.1 Å². The van der Waals surface area contributed by atoms with E-state index in [-0.39, 0.29) is 36.1 Å². The van der Waals surface area contributed by atoms with Gasteiger partial charge < -0.3 is 21.5 Å². The van der Waals surface area contributed by atoms with Gasteiger partial charge in [0.25, 0.3) is 11.5 Å². The number of fused-ring (bicyclic) bond motifs is 1. The summed E-state index contributed by atoms with van der Waals surface area (Å²) in [6.07, 6.45) is 0.121. The number of ketones is 1. The number of nitrogen functional groups attached to an aromatic ring is 1. The highest BCUT2D eigenvalue weighted by Gasteiger charge is 2.22. The van der Waals surface area contributed by atoms with E-state index in [9.17, 15) is 24.3 Å². The number of hydrogen-bond donors (Lipinski definition) is 5. The Morgan fingerprint density at radius 3 is 2.47 bits per heavy atom. The van der Waals surface area contributed by atoms with Gasteiger partial charge in [0.1, 0.15) is 11.8 Å². The number of anilines is 2. The SMILES string of the molecule is CC(C)C(=O)CC[C@H](NC(=O)c1ccc(NCc2ccc3nc(N)[nH]c(=O)c3c2)cc1)C(=O)O. The quantitative estimate of drug-likeness (QED) is 0.304. The minimum atomic E-state index is -1.18. The van der Waals surface area contributed by atoms with E-state index in [0.717, 1.165) is 11.3 Å². The normalized spacial score (nSPS) is 11.9. The molecule has 1 amide bonds. The number of nitrogens with two attached hydrogens (primary N) is 1. The predicted molar refractivity (Wildman–Crippen MR) is 129 cm³/mol. The van der Waals surface area contributed by atoms with Gasteiger partial charge in [0, 0.05) is 30.1 Å². The van der Waals surface area contributed by atoms with Crippen LogP contribution in [0.1, 0.15) is 42.6 Å². The molecule has 0 radical (unpaired) electrons. The monoisotopic (exact) mass is 465 g/mol. The van der Waals surface area contributed by atoms with Crippen LogP contribution in [0.3, 0.4) is 0 Å². The van der Waals surface area contributed by atoms with E-state index in [1.54, 1.807) is 50.2 Å². The van der Waals surface area contributed by atoms with Gasteiger partial charge >= 0.3 is 5.97 Å². The first-order valence-electron chi connectivity index (χ1n) is 10.8. The number of rotatable bonds is 10. The van der Waals surface area contributed by atoms with Crippen LogP contribution in [0.15, 0.2) is 47.3 Å². The predicted octanol–water partition coefficient (Wildman–Crippen LogP) is 2.31. The van der Waals surface area contributed by atoms with Crippen molar-refractivity contribution in [2.45, 2.75) is 39.3 Å². The van der Waals surface area contributed by atoms with Crippen molar-refractivity contribution >= 4 is 40.2 Å². The van der Waals surface area contributed by atoms with Gasteiger partial charge in [0.05, 0.1) is 10.9 Å². The Morgan fingerprint density at radius 2 is 1.82 bits per heavy atom. The third-order valence-corrected chi connectivity index (χ3v) is 5.36. The van der Waals surface area contributed by atoms with Crippen molar-refractivity contribution < 1.29 is 19.5 Å². The topological polar surface area (TPSA) is 167 Å². The van der Waals surface area contributed by atoms with E-state index in [2.05, 4.69) is 20.6 Å². The van der Waals surface area contributed by atoms with Gasteiger partial charge in [-0.25, -0.2) is 9.78 Å². The van der Waals surface area contributed by atoms with Crippen molar-refractivity contribution in [3.05, 3.63) is 63.9 Å². The van der Waals surface area contributed by atoms with Crippen molar-refractivity contribution in [3.8, 4) is 0 Å². The fraction of sp³-hybridized carbons (Fsp3) is 0.292. The second-order valence-electron chi connectivity index (χ2n) is 8.26. The minimum absolute atomic E-state index is 0.0361. The fourth-order valence-electron chi connectivity index (χ4n) is 3.33. The summed E-state index contributed by atoms with van der Waals surface area (Å²) in [4.78, 5) is 54.4. The smallest absolute Gasteiger partial charge is 0.326 e. The van der Waals surface area contributed by atoms with Crippen LogP contribution in [-0.4, -0.2) is 38.8 Å². The van der Waals surface area contributed by atoms with Gasteiger partial charge in [-0.3, -0.25) is 19.4 Å². The second kappa shape index (κ2) is 10.6. The zero-order valence-electron chi connectivity index (χ0n) is 18.9. The van der Waals surface area contributed by atoms with Crippen LogP contribution >= 0.6 is 0 Å². The number of amides is 1. The highest BCUT2D eigenvalue weighted by Crippen LogP contribution is 2.15. The Balaban J connectivity index is 1.60. The Kier molecular flexibility index (Phi) is 7.62. The summed E-state index contributed by atoms with van der Waals surface area (Å²) in [6, 6.07) is 10.7. The van der Waals surface area contributed by atoms with Crippen molar-refractivity contribution in [1.82, 2.24) is 15.3 Å². The molecule has 0 saturated carbocycles. The number of carboxylic acids is 1. The number of hydrogen-bond acceptors (Lipinski definition) is 7. The largest absolute Gasteiger partial charge is 0.480 e. The first-order valence-corrected chi connectivity index (χ1v) is 10.8. The Labute approximate surface area is 195 Å². The maximum Gasteiger partial charge on any atom is 0.326 e. The zero-order valence-corrected chi connectivity index (χ0v) is 18.9. The molecule has 178 valence electrons. The minimum Gasteiger partial charge on any atom is -0.480 e. The summed E-state index contributed by atoms with van der Waals surface area (Å²) in [5, 5.41) is 15.5. The number of Topliss-reactive ketones (excluding diaryl/α,β-unsaturated/α-hetero) is 1. The molecule has 0 aliphatic heterocycles. The lowest BCUT2D eigenvalue weighted by Gasteiger charge is -2.15. The molecule has 0 aliphatic carbocycles. The van der Waals surface area contributed by atoms with Crippen LogP contribution in [0.2, 0.25) is 0 Å². The average molecular weight is 466 g/mol. The zero-order chi connectivity index (χ0) is 24.8. The summed E-state index contributed by atoms with van der Waals surface area (Å²) >= 11 is 0. The van der Waals surface area contributed by atoms with Gasteiger partial charge in [-0.05, 0) is 48.4 Å². The summed E-state index contributed by atoms with van der Waals surface area (Å²) in [6.45, 7) is 3.93. The summed E-state index contributed by atoms with van der Waals surface area (Å²) in [5.74, 6) is -1.89. The lowest BCUT2D eigenvalue weighted by Crippen LogP contribution is -2.41. The van der Waals surface area contributed by atoms with Crippen LogP contribution in [-0.2, 0) is 16.1 Å². The van der Waals surface area contributed by atoms with E-state index in [1.165, 1.54) is 0 Å². The van der Waals surface area contributed by atoms with Gasteiger partial charge in [-0.1, -0.05) is 19.9 Å². The summed E-state index contributed by atoms with van der Waals surface area (Å²) in [5.41, 5.74) is 7.64. The number of H-pyrrole nitrogens is 1. The molecular weight excluding hydrogens is 438 g/mol. The number of nitrogens with one attached hydrogen (secondary N) is 3. The number of benzene rings is 2. The second-order valence-corrected chi connectivity index (χ2v) is 8.26. The fourth-order valence-corrected chi connectivity index (χ4v) is 3.33. The Bertz CT molecular complexity index is 1270.